The van der Waals surface area contributed by atoms with Crippen LogP contribution in [0.1, 0.15) is 21.5 Å². The van der Waals surface area contributed by atoms with Gasteiger partial charge in [0.2, 0.25) is 0 Å². The molecule has 6 heteroatoms. The minimum atomic E-state index is -0.459. The summed E-state index contributed by atoms with van der Waals surface area (Å²) in [4.78, 5) is 12.5. The molecule has 142 valence electrons. The van der Waals surface area contributed by atoms with Crippen LogP contribution in [0.4, 0.5) is 0 Å². The first-order valence-electron chi connectivity index (χ1n) is 8.71. The van der Waals surface area contributed by atoms with Crippen LogP contribution in [0.3, 0.4) is 0 Å². The van der Waals surface area contributed by atoms with E-state index in [0.717, 1.165) is 5.56 Å². The van der Waals surface area contributed by atoms with Crippen molar-refractivity contribution in [1.82, 2.24) is 0 Å². The Bertz CT molecular complexity index is 987. The van der Waals surface area contributed by atoms with Crippen LogP contribution in [-0.4, -0.2) is 12.8 Å². The summed E-state index contributed by atoms with van der Waals surface area (Å²) in [6, 6.07) is 19.7. The van der Waals surface area contributed by atoms with Gasteiger partial charge in [-0.05, 0) is 42.5 Å². The highest BCUT2D eigenvalue weighted by Crippen LogP contribution is 2.32. The van der Waals surface area contributed by atoms with Gasteiger partial charge in [-0.1, -0.05) is 35.9 Å². The van der Waals surface area contributed by atoms with Gasteiger partial charge in [-0.25, -0.2) is 4.79 Å². The van der Waals surface area contributed by atoms with Crippen molar-refractivity contribution in [3.63, 3.8) is 0 Å². The van der Waals surface area contributed by atoms with Gasteiger partial charge in [0, 0.05) is 16.1 Å². The topological polar surface area (TPSA) is 54.0 Å². The molecule has 0 aromatic heterocycles. The van der Waals surface area contributed by atoms with Crippen molar-refractivity contribution in [1.29, 1.82) is 0 Å². The predicted octanol–water partition coefficient (Wildman–Crippen LogP) is 5.36. The third-order valence-electron chi connectivity index (χ3n) is 4.16. The fourth-order valence-corrected chi connectivity index (χ4v) is 3.17. The zero-order valence-corrected chi connectivity index (χ0v) is 15.6. The van der Waals surface area contributed by atoms with Crippen LogP contribution in [0.2, 0.25) is 5.02 Å². The summed E-state index contributed by atoms with van der Waals surface area (Å²) in [5, 5.41) is 0.539. The van der Waals surface area contributed by atoms with E-state index in [1.54, 1.807) is 36.4 Å². The summed E-state index contributed by atoms with van der Waals surface area (Å²) in [6.07, 6.45) is 0. The number of carbonyl (C=O) groups excluding carboxylic acids is 1. The van der Waals surface area contributed by atoms with Crippen LogP contribution in [0.15, 0.2) is 66.7 Å². The lowest BCUT2D eigenvalue weighted by Gasteiger charge is -2.21. The van der Waals surface area contributed by atoms with Gasteiger partial charge in [-0.15, -0.1) is 0 Å². The van der Waals surface area contributed by atoms with E-state index in [9.17, 15) is 4.79 Å². The van der Waals surface area contributed by atoms with E-state index in [1.807, 2.05) is 30.3 Å². The minimum absolute atomic E-state index is 0.0471. The molecule has 1 aliphatic heterocycles. The second-order valence-electron chi connectivity index (χ2n) is 6.18. The Labute approximate surface area is 167 Å². The summed E-state index contributed by atoms with van der Waals surface area (Å²) in [7, 11) is 0. The normalized spacial score (nSPS) is 12.6. The molecule has 3 aromatic carbocycles. The lowest BCUT2D eigenvalue weighted by Crippen LogP contribution is -2.14. The summed E-state index contributed by atoms with van der Waals surface area (Å²) >= 11 is 6.14. The number of para-hydroxylation sites is 1. The fraction of sp³-hybridized carbons (Fsp3) is 0.136. The summed E-state index contributed by atoms with van der Waals surface area (Å²) < 4.78 is 22.0. The molecule has 0 aliphatic carbocycles. The van der Waals surface area contributed by atoms with Crippen molar-refractivity contribution in [3.05, 3.63) is 88.4 Å². The average Bonchev–Trinajstić information content (AvgIpc) is 2.72. The molecule has 0 spiro atoms. The number of ether oxygens (including phenoxy) is 4. The first-order valence-corrected chi connectivity index (χ1v) is 9.09. The van der Waals surface area contributed by atoms with Crippen LogP contribution < -0.4 is 9.47 Å². The highest BCUT2D eigenvalue weighted by atomic mass is 35.5. The van der Waals surface area contributed by atoms with E-state index in [0.29, 0.717) is 40.0 Å². The van der Waals surface area contributed by atoms with E-state index < -0.39 is 5.97 Å². The van der Waals surface area contributed by atoms with E-state index in [4.69, 9.17) is 30.5 Å². The van der Waals surface area contributed by atoms with Crippen LogP contribution in [0, 0.1) is 0 Å². The SMILES string of the molecule is O=C(OCc1cc(Cl)cc2c1OCOC2)c1cccc(Oc2ccccc2)c1. The summed E-state index contributed by atoms with van der Waals surface area (Å²) in [5.74, 6) is 1.45. The molecule has 0 unspecified atom stereocenters. The van der Waals surface area contributed by atoms with Crippen LogP contribution in [0.25, 0.3) is 0 Å². The Morgan fingerprint density at radius 1 is 1.00 bits per heavy atom. The monoisotopic (exact) mass is 396 g/mol. The number of benzene rings is 3. The highest BCUT2D eigenvalue weighted by Gasteiger charge is 2.18. The predicted molar refractivity (Wildman–Crippen MR) is 104 cm³/mol. The summed E-state index contributed by atoms with van der Waals surface area (Å²) in [5.41, 5.74) is 1.94. The Hall–Kier alpha value is -3.02. The largest absolute Gasteiger partial charge is 0.467 e. The highest BCUT2D eigenvalue weighted by molar-refractivity contribution is 6.30. The molecule has 0 saturated carbocycles. The average molecular weight is 397 g/mol. The third-order valence-corrected chi connectivity index (χ3v) is 4.38. The maximum Gasteiger partial charge on any atom is 0.338 e. The molecule has 0 atom stereocenters. The lowest BCUT2D eigenvalue weighted by molar-refractivity contribution is -0.0180. The molecular weight excluding hydrogens is 380 g/mol. The molecule has 4 rings (SSSR count). The van der Waals surface area contributed by atoms with Gasteiger partial charge in [0.25, 0.3) is 0 Å². The van der Waals surface area contributed by atoms with Crippen molar-refractivity contribution in [2.24, 2.45) is 0 Å². The maximum atomic E-state index is 12.5. The Kier molecular flexibility index (Phi) is 5.46. The second-order valence-corrected chi connectivity index (χ2v) is 6.62. The molecule has 0 N–H and O–H groups in total. The van der Waals surface area contributed by atoms with E-state index in [-0.39, 0.29) is 13.4 Å². The first kappa shape index (κ1) is 18.3. The number of esters is 1. The summed E-state index contributed by atoms with van der Waals surface area (Å²) in [6.45, 7) is 0.621. The maximum absolute atomic E-state index is 12.5. The fourth-order valence-electron chi connectivity index (χ4n) is 2.90. The molecule has 5 nitrogen and oxygen atoms in total. The van der Waals surface area contributed by atoms with Crippen molar-refractivity contribution >= 4 is 17.6 Å². The number of hydrogen-bond donors (Lipinski definition) is 0. The minimum Gasteiger partial charge on any atom is -0.467 e. The molecule has 0 fully saturated rings. The number of rotatable bonds is 5. The van der Waals surface area contributed by atoms with Gasteiger partial charge in [0.1, 0.15) is 23.9 Å². The van der Waals surface area contributed by atoms with Gasteiger partial charge < -0.3 is 18.9 Å². The smallest absolute Gasteiger partial charge is 0.338 e. The zero-order valence-electron chi connectivity index (χ0n) is 14.9. The Balaban J connectivity index is 1.46. The molecular formula is C22H17ClO5. The molecule has 0 saturated heterocycles. The van der Waals surface area contributed by atoms with E-state index in [1.165, 1.54) is 0 Å². The Morgan fingerprint density at radius 2 is 1.82 bits per heavy atom. The van der Waals surface area contributed by atoms with Gasteiger partial charge >= 0.3 is 5.97 Å². The molecule has 1 aliphatic rings. The van der Waals surface area contributed by atoms with Crippen LogP contribution >= 0.6 is 11.6 Å². The second kappa shape index (κ2) is 8.33. The molecule has 0 amide bonds. The van der Waals surface area contributed by atoms with Gasteiger partial charge in [-0.2, -0.15) is 0 Å². The van der Waals surface area contributed by atoms with Crippen molar-refractivity contribution in [2.75, 3.05) is 6.79 Å². The molecule has 1 heterocycles. The first-order chi connectivity index (χ1) is 13.7. The van der Waals surface area contributed by atoms with Crippen molar-refractivity contribution < 1.29 is 23.7 Å². The molecule has 3 aromatic rings. The standard InChI is InChI=1S/C22H17ClO5/c23-18-9-16-12-25-14-27-21(16)17(10-18)13-26-22(24)15-5-4-8-20(11-15)28-19-6-2-1-3-7-19/h1-11H,12-14H2. The lowest BCUT2D eigenvalue weighted by atomic mass is 10.1. The van der Waals surface area contributed by atoms with Crippen molar-refractivity contribution in [3.8, 4) is 17.2 Å². The van der Waals surface area contributed by atoms with Gasteiger partial charge in [0.15, 0.2) is 6.79 Å². The number of halogens is 1. The van der Waals surface area contributed by atoms with E-state index in [2.05, 4.69) is 0 Å². The number of carbonyl (C=O) groups is 1. The van der Waals surface area contributed by atoms with Gasteiger partial charge in [-0.3, -0.25) is 0 Å². The van der Waals surface area contributed by atoms with Crippen LogP contribution in [-0.2, 0) is 22.7 Å². The quantitative estimate of drug-likeness (QED) is 0.544. The molecule has 0 radical (unpaired) electrons. The molecule has 28 heavy (non-hydrogen) atoms. The number of hydrogen-bond acceptors (Lipinski definition) is 5. The zero-order chi connectivity index (χ0) is 19.3. The Morgan fingerprint density at radius 3 is 2.68 bits per heavy atom. The molecule has 0 bridgehead atoms. The van der Waals surface area contributed by atoms with E-state index >= 15 is 0 Å². The third kappa shape index (κ3) is 4.27. The van der Waals surface area contributed by atoms with Gasteiger partial charge in [0.05, 0.1) is 12.2 Å². The van der Waals surface area contributed by atoms with Crippen LogP contribution in [0.5, 0.6) is 17.2 Å². The number of fused-ring (bicyclic) bond motifs is 1. The van der Waals surface area contributed by atoms with Crippen molar-refractivity contribution in [2.45, 2.75) is 13.2 Å².